The lowest BCUT2D eigenvalue weighted by Gasteiger charge is -2.11. The van der Waals surface area contributed by atoms with Crippen LogP contribution in [0.4, 0.5) is 18.0 Å². The number of hydrazone groups is 1. The Labute approximate surface area is 100 Å². The van der Waals surface area contributed by atoms with Gasteiger partial charge < -0.3 is 10.5 Å². The first-order valence-electron chi connectivity index (χ1n) is 4.69. The fraction of sp³-hybridized carbons (Fsp3) is 0.200. The average Bonchev–Trinajstić information content (AvgIpc) is 2.27. The molecule has 0 aliphatic carbocycles. The second-order valence-corrected chi connectivity index (χ2v) is 3.17. The largest absolute Gasteiger partial charge is 0.497 e. The molecule has 0 fully saturated rings. The summed E-state index contributed by atoms with van der Waals surface area (Å²) in [4.78, 5) is 10.4. The molecule has 18 heavy (non-hydrogen) atoms. The van der Waals surface area contributed by atoms with Crippen molar-refractivity contribution in [2.45, 2.75) is 6.18 Å². The van der Waals surface area contributed by atoms with Crippen molar-refractivity contribution in [2.75, 3.05) is 7.11 Å². The number of hydrogen-bond donors (Lipinski definition) is 2. The highest BCUT2D eigenvalue weighted by Crippen LogP contribution is 2.24. The van der Waals surface area contributed by atoms with Gasteiger partial charge in [-0.05, 0) is 12.1 Å². The van der Waals surface area contributed by atoms with E-state index in [0.717, 1.165) is 6.07 Å². The summed E-state index contributed by atoms with van der Waals surface area (Å²) in [5, 5.41) is 2.95. The quantitative estimate of drug-likeness (QED) is 0.640. The van der Waals surface area contributed by atoms with Gasteiger partial charge in [0.15, 0.2) is 5.71 Å². The fourth-order valence-corrected chi connectivity index (χ4v) is 1.17. The number of nitrogens with two attached hydrogens (primary N) is 1. The molecule has 1 aromatic rings. The lowest BCUT2D eigenvalue weighted by atomic mass is 10.1. The van der Waals surface area contributed by atoms with Crippen LogP contribution in [0.3, 0.4) is 0 Å². The van der Waals surface area contributed by atoms with E-state index in [-0.39, 0.29) is 11.3 Å². The van der Waals surface area contributed by atoms with Gasteiger partial charge in [0.05, 0.1) is 7.11 Å². The molecule has 0 bridgehead atoms. The van der Waals surface area contributed by atoms with Gasteiger partial charge in [-0.1, -0.05) is 12.1 Å². The number of benzene rings is 1. The number of urea groups is 1. The number of carbonyl (C=O) groups is 1. The molecule has 0 spiro atoms. The van der Waals surface area contributed by atoms with E-state index in [0.29, 0.717) is 0 Å². The van der Waals surface area contributed by atoms with Gasteiger partial charge in [-0.2, -0.15) is 18.3 Å². The first-order chi connectivity index (χ1) is 8.34. The van der Waals surface area contributed by atoms with Crippen LogP contribution in [0.15, 0.2) is 29.4 Å². The Morgan fingerprint density at radius 3 is 2.61 bits per heavy atom. The second-order valence-electron chi connectivity index (χ2n) is 3.17. The van der Waals surface area contributed by atoms with Crippen molar-refractivity contribution in [2.24, 2.45) is 10.8 Å². The van der Waals surface area contributed by atoms with Gasteiger partial charge in [-0.15, -0.1) is 0 Å². The zero-order valence-electron chi connectivity index (χ0n) is 9.28. The lowest BCUT2D eigenvalue weighted by molar-refractivity contribution is -0.0583. The van der Waals surface area contributed by atoms with Crippen LogP contribution in [0.25, 0.3) is 0 Å². The number of nitrogens with zero attached hydrogens (tertiary/aromatic N) is 1. The zero-order chi connectivity index (χ0) is 13.8. The first kappa shape index (κ1) is 13.8. The van der Waals surface area contributed by atoms with Gasteiger partial charge in [0, 0.05) is 5.56 Å². The molecule has 8 heteroatoms. The van der Waals surface area contributed by atoms with E-state index in [9.17, 15) is 18.0 Å². The molecule has 0 heterocycles. The summed E-state index contributed by atoms with van der Waals surface area (Å²) in [6.07, 6.45) is -4.73. The summed E-state index contributed by atoms with van der Waals surface area (Å²) in [5.41, 5.74) is 4.72. The highest BCUT2D eigenvalue weighted by molar-refractivity contribution is 6.05. The highest BCUT2D eigenvalue weighted by atomic mass is 19.4. The first-order valence-corrected chi connectivity index (χ1v) is 4.69. The number of nitrogens with one attached hydrogen (secondary N) is 1. The molecular formula is C10H10F3N3O2. The molecule has 0 saturated carbocycles. The molecule has 98 valence electrons. The normalized spacial score (nSPS) is 12.1. The van der Waals surface area contributed by atoms with Crippen LogP contribution in [0.1, 0.15) is 5.56 Å². The van der Waals surface area contributed by atoms with Crippen molar-refractivity contribution in [3.8, 4) is 5.75 Å². The van der Waals surface area contributed by atoms with E-state index in [2.05, 4.69) is 10.8 Å². The van der Waals surface area contributed by atoms with Crippen molar-refractivity contribution >= 4 is 11.7 Å². The molecule has 0 saturated heterocycles. The van der Waals surface area contributed by atoms with Crippen molar-refractivity contribution in [3.05, 3.63) is 29.8 Å². The Kier molecular flexibility index (Phi) is 4.13. The molecule has 0 aliphatic rings. The van der Waals surface area contributed by atoms with Crippen molar-refractivity contribution < 1.29 is 22.7 Å². The molecule has 1 rings (SSSR count). The predicted molar refractivity (Wildman–Crippen MR) is 58.3 cm³/mol. The third-order valence-corrected chi connectivity index (χ3v) is 1.89. The van der Waals surface area contributed by atoms with Gasteiger partial charge in [-0.3, -0.25) is 0 Å². The number of hydrogen-bond acceptors (Lipinski definition) is 3. The smallest absolute Gasteiger partial charge is 0.435 e. The van der Waals surface area contributed by atoms with E-state index < -0.39 is 17.9 Å². The summed E-state index contributed by atoms with van der Waals surface area (Å²) in [6, 6.07) is 4.02. The van der Waals surface area contributed by atoms with Crippen LogP contribution >= 0.6 is 0 Å². The SMILES string of the molecule is COc1cccc(C(=NNC(N)=O)C(F)(F)F)c1. The van der Waals surface area contributed by atoms with Crippen LogP contribution in [-0.2, 0) is 0 Å². The van der Waals surface area contributed by atoms with E-state index in [1.165, 1.54) is 25.3 Å². The number of halogens is 3. The Morgan fingerprint density at radius 2 is 2.11 bits per heavy atom. The summed E-state index contributed by atoms with van der Waals surface area (Å²) in [7, 11) is 1.32. The minimum atomic E-state index is -4.73. The monoisotopic (exact) mass is 261 g/mol. The highest BCUT2D eigenvalue weighted by Gasteiger charge is 2.37. The predicted octanol–water partition coefficient (Wildman–Crippen LogP) is 1.63. The number of primary amides is 1. The Balaban J connectivity index is 3.17. The van der Waals surface area contributed by atoms with Crippen molar-refractivity contribution in [1.82, 2.24) is 5.43 Å². The van der Waals surface area contributed by atoms with E-state index in [1.807, 2.05) is 0 Å². The second kappa shape index (κ2) is 5.39. The van der Waals surface area contributed by atoms with Gasteiger partial charge >= 0.3 is 12.2 Å². The Bertz CT molecular complexity index is 472. The third kappa shape index (κ3) is 3.65. The maximum atomic E-state index is 12.7. The molecule has 5 nitrogen and oxygen atoms in total. The molecule has 1 aromatic carbocycles. The van der Waals surface area contributed by atoms with Gasteiger partial charge in [0.2, 0.25) is 0 Å². The maximum absolute atomic E-state index is 12.7. The summed E-state index contributed by atoms with van der Waals surface area (Å²) in [5.74, 6) is 0.239. The number of methoxy groups -OCH3 is 1. The molecule has 2 amide bonds. The molecule has 0 atom stereocenters. The standard InChI is InChI=1S/C10H10F3N3O2/c1-18-7-4-2-3-6(5-7)8(10(11,12)13)15-16-9(14)17/h2-5H,1H3,(H3,14,16,17). The molecular weight excluding hydrogens is 251 g/mol. The third-order valence-electron chi connectivity index (χ3n) is 1.89. The van der Waals surface area contributed by atoms with Crippen LogP contribution in [0.5, 0.6) is 5.75 Å². The number of rotatable bonds is 3. The molecule has 0 aromatic heterocycles. The number of carbonyl (C=O) groups excluding carboxylic acids is 1. The van der Waals surface area contributed by atoms with Crippen molar-refractivity contribution in [1.29, 1.82) is 0 Å². The molecule has 3 N–H and O–H groups in total. The number of ether oxygens (including phenoxy) is 1. The lowest BCUT2D eigenvalue weighted by Crippen LogP contribution is -2.31. The maximum Gasteiger partial charge on any atom is 0.435 e. The van der Waals surface area contributed by atoms with Gasteiger partial charge in [-0.25, -0.2) is 10.2 Å². The summed E-state index contributed by atoms with van der Waals surface area (Å²) in [6.45, 7) is 0. The zero-order valence-corrected chi connectivity index (χ0v) is 9.28. The molecule has 0 radical (unpaired) electrons. The fourth-order valence-electron chi connectivity index (χ4n) is 1.17. The van der Waals surface area contributed by atoms with E-state index in [1.54, 1.807) is 5.43 Å². The van der Waals surface area contributed by atoms with E-state index >= 15 is 0 Å². The Morgan fingerprint density at radius 1 is 1.44 bits per heavy atom. The number of amides is 2. The van der Waals surface area contributed by atoms with Crippen LogP contribution in [0, 0.1) is 0 Å². The van der Waals surface area contributed by atoms with Crippen LogP contribution in [0.2, 0.25) is 0 Å². The minimum absolute atomic E-state index is 0.239. The number of alkyl halides is 3. The topological polar surface area (TPSA) is 76.7 Å². The van der Waals surface area contributed by atoms with Crippen LogP contribution < -0.4 is 15.9 Å². The summed E-state index contributed by atoms with van der Waals surface area (Å²) >= 11 is 0. The van der Waals surface area contributed by atoms with Crippen LogP contribution in [-0.4, -0.2) is 25.0 Å². The Hall–Kier alpha value is -2.25. The summed E-state index contributed by atoms with van der Waals surface area (Å²) < 4.78 is 43.0. The average molecular weight is 261 g/mol. The molecule has 0 unspecified atom stereocenters. The van der Waals surface area contributed by atoms with Crippen molar-refractivity contribution in [3.63, 3.8) is 0 Å². The van der Waals surface area contributed by atoms with Gasteiger partial charge in [0.1, 0.15) is 5.75 Å². The minimum Gasteiger partial charge on any atom is -0.497 e. The molecule has 0 aliphatic heterocycles. The van der Waals surface area contributed by atoms with E-state index in [4.69, 9.17) is 4.74 Å². The van der Waals surface area contributed by atoms with Gasteiger partial charge in [0.25, 0.3) is 0 Å².